The number of amides is 3. The number of urea groups is 1. The Morgan fingerprint density at radius 2 is 1.28 bits per heavy atom. The fraction of sp³-hybridized carbons (Fsp3) is 0.800. The number of hydrogen-bond donors (Lipinski definition) is 2. The minimum absolute atomic E-state index is 0.334. The molecule has 0 unspecified atom stereocenters. The molecule has 3 N–H and O–H groups in total. The second kappa shape index (κ2) is 18.8. The predicted molar refractivity (Wildman–Crippen MR) is 104 cm³/mol. The standard InChI is InChI=1S/C20H38N2O3/c1-2-3-4-5-6-7-8-9-10-11-12-13-14-15-16-17-18-25-20(24)22-19(21)23/h9-10H,2-8,11-18H2,1H3,(H3,21,22,23,24)/b10-9-. The van der Waals surface area contributed by atoms with Crippen molar-refractivity contribution in [1.29, 1.82) is 0 Å². The summed E-state index contributed by atoms with van der Waals surface area (Å²) in [6, 6.07) is -0.883. The number of allylic oxidation sites excluding steroid dienone is 2. The monoisotopic (exact) mass is 354 g/mol. The van der Waals surface area contributed by atoms with Crippen LogP contribution in [0.2, 0.25) is 0 Å². The lowest BCUT2D eigenvalue weighted by Crippen LogP contribution is -2.35. The molecular formula is C20H38N2O3. The molecule has 3 amide bonds. The molecule has 0 aliphatic heterocycles. The molecule has 0 rings (SSSR count). The molecule has 0 saturated carbocycles. The van der Waals surface area contributed by atoms with Crippen LogP contribution in [0.5, 0.6) is 0 Å². The van der Waals surface area contributed by atoms with Crippen LogP contribution in [0.15, 0.2) is 12.2 Å². The van der Waals surface area contributed by atoms with Crippen molar-refractivity contribution in [2.24, 2.45) is 5.73 Å². The number of primary amides is 1. The van der Waals surface area contributed by atoms with E-state index in [1.165, 1.54) is 70.6 Å². The van der Waals surface area contributed by atoms with Crippen molar-refractivity contribution in [3.63, 3.8) is 0 Å². The summed E-state index contributed by atoms with van der Waals surface area (Å²) in [5.41, 5.74) is 4.80. The molecule has 0 heterocycles. The zero-order valence-corrected chi connectivity index (χ0v) is 16.1. The molecule has 5 nitrogen and oxygen atoms in total. The lowest BCUT2D eigenvalue weighted by molar-refractivity contribution is 0.145. The number of ether oxygens (including phenoxy) is 1. The number of alkyl carbamates (subject to hydrolysis) is 1. The number of unbranched alkanes of at least 4 members (excludes halogenated alkanes) is 12. The first-order chi connectivity index (χ1) is 12.2. The van der Waals surface area contributed by atoms with E-state index >= 15 is 0 Å². The van der Waals surface area contributed by atoms with E-state index in [-0.39, 0.29) is 0 Å². The summed E-state index contributed by atoms with van der Waals surface area (Å²) in [4.78, 5) is 21.4. The van der Waals surface area contributed by atoms with Gasteiger partial charge in [0.25, 0.3) is 0 Å². The SMILES string of the molecule is CCCCCCCC/C=C\CCCCCCCCOC(=O)NC(N)=O. The normalized spacial score (nSPS) is 10.9. The van der Waals surface area contributed by atoms with Crippen molar-refractivity contribution in [1.82, 2.24) is 5.32 Å². The Hall–Kier alpha value is -1.52. The number of carbonyl (C=O) groups excluding carboxylic acids is 2. The molecule has 0 aromatic rings. The topological polar surface area (TPSA) is 81.4 Å². The maximum atomic E-state index is 11.0. The molecule has 25 heavy (non-hydrogen) atoms. The van der Waals surface area contributed by atoms with Crippen molar-refractivity contribution in [2.75, 3.05) is 6.61 Å². The van der Waals surface area contributed by atoms with Gasteiger partial charge in [0.2, 0.25) is 0 Å². The largest absolute Gasteiger partial charge is 0.449 e. The number of rotatable bonds is 16. The van der Waals surface area contributed by atoms with Crippen LogP contribution < -0.4 is 11.1 Å². The molecule has 0 aliphatic rings. The van der Waals surface area contributed by atoms with Gasteiger partial charge in [0.15, 0.2) is 0 Å². The number of nitrogens with two attached hydrogens (primary N) is 1. The quantitative estimate of drug-likeness (QED) is 0.270. The number of hydrogen-bond acceptors (Lipinski definition) is 3. The van der Waals surface area contributed by atoms with Crippen LogP contribution in [-0.2, 0) is 4.74 Å². The van der Waals surface area contributed by atoms with Gasteiger partial charge in [0.05, 0.1) is 6.61 Å². The summed E-state index contributed by atoms with van der Waals surface area (Å²) < 4.78 is 4.81. The van der Waals surface area contributed by atoms with Crippen molar-refractivity contribution in [3.05, 3.63) is 12.2 Å². The molecule has 0 fully saturated rings. The lowest BCUT2D eigenvalue weighted by Gasteiger charge is -2.04. The van der Waals surface area contributed by atoms with Gasteiger partial charge in [-0.2, -0.15) is 0 Å². The third-order valence-electron chi connectivity index (χ3n) is 4.11. The van der Waals surface area contributed by atoms with Crippen LogP contribution in [0.25, 0.3) is 0 Å². The van der Waals surface area contributed by atoms with E-state index in [0.29, 0.717) is 6.61 Å². The van der Waals surface area contributed by atoms with Gasteiger partial charge in [-0.05, 0) is 32.1 Å². The summed E-state index contributed by atoms with van der Waals surface area (Å²) in [6.07, 6.45) is 21.3. The van der Waals surface area contributed by atoms with E-state index in [1.54, 1.807) is 0 Å². The average Bonchev–Trinajstić information content (AvgIpc) is 2.57. The first kappa shape index (κ1) is 23.5. The van der Waals surface area contributed by atoms with Crippen LogP contribution >= 0.6 is 0 Å². The first-order valence-corrected chi connectivity index (χ1v) is 10.0. The van der Waals surface area contributed by atoms with Gasteiger partial charge in [-0.1, -0.05) is 76.9 Å². The summed E-state index contributed by atoms with van der Waals surface area (Å²) in [6.45, 7) is 2.59. The van der Waals surface area contributed by atoms with Gasteiger partial charge < -0.3 is 10.5 Å². The van der Waals surface area contributed by atoms with Crippen molar-refractivity contribution in [2.45, 2.75) is 96.8 Å². The molecule has 0 aromatic heterocycles. The van der Waals surface area contributed by atoms with Crippen LogP contribution in [-0.4, -0.2) is 18.7 Å². The number of carbonyl (C=O) groups is 2. The Morgan fingerprint density at radius 1 is 0.800 bits per heavy atom. The summed E-state index contributed by atoms with van der Waals surface area (Å²) in [7, 11) is 0. The van der Waals surface area contributed by atoms with Crippen molar-refractivity contribution < 1.29 is 14.3 Å². The third kappa shape index (κ3) is 20.4. The summed E-state index contributed by atoms with van der Waals surface area (Å²) in [5, 5.41) is 1.87. The molecular weight excluding hydrogens is 316 g/mol. The molecule has 0 spiro atoms. The van der Waals surface area contributed by atoms with Crippen LogP contribution in [0, 0.1) is 0 Å². The highest BCUT2D eigenvalue weighted by molar-refractivity contribution is 5.89. The van der Waals surface area contributed by atoms with Gasteiger partial charge in [0.1, 0.15) is 0 Å². The second-order valence-electron chi connectivity index (χ2n) is 6.56. The van der Waals surface area contributed by atoms with E-state index in [9.17, 15) is 9.59 Å². The van der Waals surface area contributed by atoms with E-state index in [2.05, 4.69) is 19.1 Å². The lowest BCUT2D eigenvalue weighted by atomic mass is 10.1. The third-order valence-corrected chi connectivity index (χ3v) is 4.11. The Kier molecular flexibility index (Phi) is 17.7. The molecule has 0 aliphatic carbocycles. The molecule has 0 aromatic carbocycles. The Labute approximate surface area is 153 Å². The van der Waals surface area contributed by atoms with Gasteiger partial charge in [0, 0.05) is 0 Å². The van der Waals surface area contributed by atoms with Gasteiger partial charge >= 0.3 is 12.1 Å². The molecule has 146 valence electrons. The fourth-order valence-electron chi connectivity index (χ4n) is 2.65. The highest BCUT2D eigenvalue weighted by Crippen LogP contribution is 2.09. The Morgan fingerprint density at radius 3 is 1.80 bits per heavy atom. The van der Waals surface area contributed by atoms with E-state index in [0.717, 1.165) is 19.3 Å². The Bertz CT molecular complexity index is 357. The Balaban J connectivity index is 3.17. The van der Waals surface area contributed by atoms with Crippen molar-refractivity contribution in [3.8, 4) is 0 Å². The molecule has 0 radical (unpaired) electrons. The average molecular weight is 355 g/mol. The minimum atomic E-state index is -0.883. The van der Waals surface area contributed by atoms with Gasteiger partial charge in [-0.25, -0.2) is 14.9 Å². The van der Waals surface area contributed by atoms with E-state index in [1.807, 2.05) is 5.32 Å². The van der Waals surface area contributed by atoms with E-state index < -0.39 is 12.1 Å². The molecule has 5 heteroatoms. The highest BCUT2D eigenvalue weighted by Gasteiger charge is 2.03. The fourth-order valence-corrected chi connectivity index (χ4v) is 2.65. The first-order valence-electron chi connectivity index (χ1n) is 10.0. The number of nitrogens with one attached hydrogen (secondary N) is 1. The molecule has 0 atom stereocenters. The van der Waals surface area contributed by atoms with Gasteiger partial charge in [-0.3, -0.25) is 0 Å². The van der Waals surface area contributed by atoms with Gasteiger partial charge in [-0.15, -0.1) is 0 Å². The number of imide groups is 1. The summed E-state index contributed by atoms with van der Waals surface area (Å²) in [5.74, 6) is 0. The molecule has 0 saturated heterocycles. The minimum Gasteiger partial charge on any atom is -0.449 e. The van der Waals surface area contributed by atoms with Crippen molar-refractivity contribution >= 4 is 12.1 Å². The maximum Gasteiger partial charge on any atom is 0.415 e. The van der Waals surface area contributed by atoms with Crippen LogP contribution in [0.4, 0.5) is 9.59 Å². The van der Waals surface area contributed by atoms with Crippen LogP contribution in [0.1, 0.15) is 96.8 Å². The van der Waals surface area contributed by atoms with Crippen LogP contribution in [0.3, 0.4) is 0 Å². The zero-order chi connectivity index (χ0) is 18.6. The van der Waals surface area contributed by atoms with E-state index in [4.69, 9.17) is 10.5 Å². The smallest absolute Gasteiger partial charge is 0.415 e. The zero-order valence-electron chi connectivity index (χ0n) is 16.1. The maximum absolute atomic E-state index is 11.0. The molecule has 0 bridgehead atoms. The predicted octanol–water partition coefficient (Wildman–Crippen LogP) is 5.83. The second-order valence-corrected chi connectivity index (χ2v) is 6.56. The summed E-state index contributed by atoms with van der Waals surface area (Å²) >= 11 is 0. The highest BCUT2D eigenvalue weighted by atomic mass is 16.5.